The van der Waals surface area contributed by atoms with Crippen molar-refractivity contribution >= 4 is 6.09 Å². The Morgan fingerprint density at radius 3 is 1.23 bits per heavy atom. The molecule has 3 aromatic carbocycles. The lowest BCUT2D eigenvalue weighted by Crippen LogP contribution is -2.03. The minimum Gasteiger partial charge on any atom is -0.465 e. The molecular weight excluding hydrogens is 274 g/mol. The van der Waals surface area contributed by atoms with Gasteiger partial charge in [-0.3, -0.25) is 0 Å². The van der Waals surface area contributed by atoms with E-state index in [4.69, 9.17) is 9.90 Å². The van der Waals surface area contributed by atoms with Crippen LogP contribution in [0, 0.1) is 0 Å². The molecule has 3 heteroatoms. The Kier molecular flexibility index (Phi) is 5.32. The van der Waals surface area contributed by atoms with E-state index in [1.165, 1.54) is 22.3 Å². The fourth-order valence-electron chi connectivity index (χ4n) is 2.22. The normalized spacial score (nSPS) is 9.45. The summed E-state index contributed by atoms with van der Waals surface area (Å²) in [4.78, 5) is 8.78. The van der Waals surface area contributed by atoms with Crippen LogP contribution in [-0.2, 0) is 0 Å². The van der Waals surface area contributed by atoms with Gasteiger partial charge in [-0.25, -0.2) is 4.79 Å². The molecule has 0 fully saturated rings. The highest BCUT2D eigenvalue weighted by Gasteiger charge is 2.05. The molecule has 1 amide bonds. The van der Waals surface area contributed by atoms with Gasteiger partial charge < -0.3 is 10.8 Å². The van der Waals surface area contributed by atoms with Gasteiger partial charge in [-0.15, -0.1) is 0 Å². The van der Waals surface area contributed by atoms with Crippen LogP contribution in [-0.4, -0.2) is 11.2 Å². The molecule has 0 saturated carbocycles. The minimum absolute atomic E-state index is 1.26. The predicted octanol–water partition coefficient (Wildman–Crippen LogP) is 4.64. The average Bonchev–Trinajstić information content (AvgIpc) is 2.56. The number of rotatable bonds is 2. The van der Waals surface area contributed by atoms with Crippen molar-refractivity contribution in [3.05, 3.63) is 84.9 Å². The molecule has 0 heterocycles. The lowest BCUT2D eigenvalue weighted by molar-refractivity contribution is 0.205. The van der Waals surface area contributed by atoms with Crippen LogP contribution in [0.5, 0.6) is 0 Å². The molecule has 0 bridgehead atoms. The van der Waals surface area contributed by atoms with Gasteiger partial charge in [0.25, 0.3) is 0 Å². The van der Waals surface area contributed by atoms with Crippen LogP contribution in [0.1, 0.15) is 0 Å². The third kappa shape index (κ3) is 4.21. The highest BCUT2D eigenvalue weighted by Crippen LogP contribution is 2.31. The van der Waals surface area contributed by atoms with Gasteiger partial charge in [-0.1, -0.05) is 84.9 Å². The van der Waals surface area contributed by atoms with Crippen molar-refractivity contribution in [1.29, 1.82) is 0 Å². The summed E-state index contributed by atoms with van der Waals surface area (Å²) in [5, 5.41) is 7.19. The quantitative estimate of drug-likeness (QED) is 0.722. The molecule has 0 unspecified atom stereocenters. The lowest BCUT2D eigenvalue weighted by Gasteiger charge is -2.09. The number of benzene rings is 3. The second-order valence-corrected chi connectivity index (χ2v) is 4.62. The molecule has 22 heavy (non-hydrogen) atoms. The van der Waals surface area contributed by atoms with E-state index in [0.29, 0.717) is 0 Å². The minimum atomic E-state index is -1.33. The fraction of sp³-hybridized carbons (Fsp3) is 0. The van der Waals surface area contributed by atoms with Crippen LogP contribution >= 0.6 is 0 Å². The number of nitrogens with two attached hydrogens (primary N) is 1. The highest BCUT2D eigenvalue weighted by molar-refractivity contribution is 5.83. The van der Waals surface area contributed by atoms with Gasteiger partial charge in [0, 0.05) is 0 Å². The standard InChI is InChI=1S/C18H14.CH3NO2/c1-3-9-15(10-4-1)17-13-7-8-14-18(17)16-11-5-2-6-12-16;2-1(3)4/h1-14H;2H2,(H,3,4). The van der Waals surface area contributed by atoms with Crippen molar-refractivity contribution in [2.75, 3.05) is 0 Å². The number of hydrogen-bond acceptors (Lipinski definition) is 1. The Bertz CT molecular complexity index is 662. The molecule has 0 aliphatic heterocycles. The third-order valence-electron chi connectivity index (χ3n) is 3.10. The molecular formula is C19H17NO2. The SMILES string of the molecule is NC(=O)O.c1ccc(-c2ccccc2-c2ccccc2)cc1. The molecule has 0 saturated heterocycles. The topological polar surface area (TPSA) is 63.3 Å². The van der Waals surface area contributed by atoms with E-state index in [9.17, 15) is 0 Å². The van der Waals surface area contributed by atoms with Gasteiger partial charge in [-0.05, 0) is 22.3 Å². The summed E-state index contributed by atoms with van der Waals surface area (Å²) in [6, 6.07) is 29.6. The number of primary amides is 1. The molecule has 0 aliphatic carbocycles. The first-order chi connectivity index (χ1) is 10.7. The van der Waals surface area contributed by atoms with E-state index in [2.05, 4.69) is 90.7 Å². The summed E-state index contributed by atoms with van der Waals surface area (Å²) >= 11 is 0. The van der Waals surface area contributed by atoms with Crippen LogP contribution in [0.3, 0.4) is 0 Å². The van der Waals surface area contributed by atoms with Gasteiger partial charge in [0.15, 0.2) is 0 Å². The predicted molar refractivity (Wildman–Crippen MR) is 89.5 cm³/mol. The van der Waals surface area contributed by atoms with Crippen LogP contribution in [0.15, 0.2) is 84.9 Å². The first-order valence-electron chi connectivity index (χ1n) is 6.87. The molecule has 0 atom stereocenters. The first-order valence-corrected chi connectivity index (χ1v) is 6.87. The second-order valence-electron chi connectivity index (χ2n) is 4.62. The van der Waals surface area contributed by atoms with Crippen LogP contribution in [0.4, 0.5) is 4.79 Å². The summed E-state index contributed by atoms with van der Waals surface area (Å²) < 4.78 is 0. The summed E-state index contributed by atoms with van der Waals surface area (Å²) in [6.45, 7) is 0. The van der Waals surface area contributed by atoms with Crippen molar-refractivity contribution in [2.24, 2.45) is 5.73 Å². The van der Waals surface area contributed by atoms with Gasteiger partial charge in [0.05, 0.1) is 0 Å². The third-order valence-corrected chi connectivity index (χ3v) is 3.10. The largest absolute Gasteiger partial charge is 0.465 e. The summed E-state index contributed by atoms with van der Waals surface area (Å²) in [5.41, 5.74) is 9.11. The zero-order valence-electron chi connectivity index (χ0n) is 12.0. The van der Waals surface area contributed by atoms with Crippen LogP contribution in [0.2, 0.25) is 0 Å². The molecule has 3 nitrogen and oxygen atoms in total. The Balaban J connectivity index is 0.000000396. The van der Waals surface area contributed by atoms with E-state index in [0.717, 1.165) is 0 Å². The van der Waals surface area contributed by atoms with Crippen LogP contribution in [0.25, 0.3) is 22.3 Å². The zero-order valence-corrected chi connectivity index (χ0v) is 12.0. The van der Waals surface area contributed by atoms with Crippen molar-refractivity contribution in [1.82, 2.24) is 0 Å². The average molecular weight is 291 g/mol. The molecule has 3 rings (SSSR count). The van der Waals surface area contributed by atoms with Gasteiger partial charge in [-0.2, -0.15) is 0 Å². The van der Waals surface area contributed by atoms with E-state index in [1.54, 1.807) is 0 Å². The molecule has 0 aromatic heterocycles. The number of carbonyl (C=O) groups is 1. The number of amides is 1. The summed E-state index contributed by atoms with van der Waals surface area (Å²) in [6.07, 6.45) is -1.33. The zero-order chi connectivity index (χ0) is 15.8. The smallest absolute Gasteiger partial charge is 0.402 e. The monoisotopic (exact) mass is 291 g/mol. The maximum Gasteiger partial charge on any atom is 0.402 e. The van der Waals surface area contributed by atoms with E-state index < -0.39 is 6.09 Å². The van der Waals surface area contributed by atoms with E-state index in [1.807, 2.05) is 0 Å². The fourth-order valence-corrected chi connectivity index (χ4v) is 2.22. The molecule has 110 valence electrons. The first kappa shape index (κ1) is 15.3. The lowest BCUT2D eigenvalue weighted by atomic mass is 9.95. The Morgan fingerprint density at radius 2 is 0.909 bits per heavy atom. The van der Waals surface area contributed by atoms with Gasteiger partial charge in [0.2, 0.25) is 0 Å². The second kappa shape index (κ2) is 7.64. The van der Waals surface area contributed by atoms with E-state index in [-0.39, 0.29) is 0 Å². The highest BCUT2D eigenvalue weighted by atomic mass is 16.4. The number of hydrogen-bond donors (Lipinski definition) is 2. The Hall–Kier alpha value is -3.07. The summed E-state index contributed by atoms with van der Waals surface area (Å²) in [5.74, 6) is 0. The Labute approximate surface area is 129 Å². The van der Waals surface area contributed by atoms with Crippen molar-refractivity contribution < 1.29 is 9.90 Å². The molecule has 0 radical (unpaired) electrons. The molecule has 0 spiro atoms. The molecule has 3 aromatic rings. The van der Waals surface area contributed by atoms with Crippen LogP contribution < -0.4 is 5.73 Å². The van der Waals surface area contributed by atoms with Crippen molar-refractivity contribution in [2.45, 2.75) is 0 Å². The van der Waals surface area contributed by atoms with Crippen molar-refractivity contribution in [3.63, 3.8) is 0 Å². The number of carboxylic acid groups (broad SMARTS) is 1. The molecule has 0 aliphatic rings. The van der Waals surface area contributed by atoms with Gasteiger partial charge >= 0.3 is 6.09 Å². The molecule has 3 N–H and O–H groups in total. The summed E-state index contributed by atoms with van der Waals surface area (Å²) in [7, 11) is 0. The van der Waals surface area contributed by atoms with Gasteiger partial charge in [0.1, 0.15) is 0 Å². The maximum atomic E-state index is 8.78. The van der Waals surface area contributed by atoms with Crippen molar-refractivity contribution in [3.8, 4) is 22.3 Å². The maximum absolute atomic E-state index is 8.78. The van der Waals surface area contributed by atoms with E-state index >= 15 is 0 Å². The Morgan fingerprint density at radius 1 is 0.636 bits per heavy atom.